The summed E-state index contributed by atoms with van der Waals surface area (Å²) in [6, 6.07) is 14.9. The first-order valence-electron chi connectivity index (χ1n) is 10.3. The first kappa shape index (κ1) is 21.8. The predicted octanol–water partition coefficient (Wildman–Crippen LogP) is 4.18. The summed E-state index contributed by atoms with van der Waals surface area (Å²) < 4.78 is 13.0. The number of rotatable bonds is 5. The Morgan fingerprint density at radius 1 is 1.06 bits per heavy atom. The van der Waals surface area contributed by atoms with Crippen molar-refractivity contribution < 1.29 is 24.3 Å². The van der Waals surface area contributed by atoms with Crippen molar-refractivity contribution >= 4 is 34.3 Å². The molecule has 0 radical (unpaired) electrons. The number of hydrogen-bond donors (Lipinski definition) is 3. The summed E-state index contributed by atoms with van der Waals surface area (Å²) in [5.41, 5.74) is 4.66. The number of nitrogens with one attached hydrogen (secondary N) is 1. The maximum absolute atomic E-state index is 11.3. The van der Waals surface area contributed by atoms with E-state index < -0.39 is 0 Å². The van der Waals surface area contributed by atoms with Crippen molar-refractivity contribution in [2.75, 3.05) is 18.5 Å². The van der Waals surface area contributed by atoms with Gasteiger partial charge in [0.1, 0.15) is 13.2 Å². The zero-order chi connectivity index (χ0) is 22.7. The van der Waals surface area contributed by atoms with Gasteiger partial charge in [-0.1, -0.05) is 29.9 Å². The Morgan fingerprint density at radius 3 is 2.59 bits per heavy atom. The van der Waals surface area contributed by atoms with Crippen LogP contribution in [0.2, 0.25) is 0 Å². The third kappa shape index (κ3) is 4.59. The highest BCUT2D eigenvalue weighted by atomic mass is 32.1. The Kier molecular flexibility index (Phi) is 6.39. The van der Waals surface area contributed by atoms with Gasteiger partial charge < -0.3 is 25.0 Å². The zero-order valence-electron chi connectivity index (χ0n) is 18.0. The van der Waals surface area contributed by atoms with Crippen LogP contribution < -0.4 is 19.4 Å². The summed E-state index contributed by atoms with van der Waals surface area (Å²) in [4.78, 5) is 0.337. The van der Waals surface area contributed by atoms with E-state index in [1.165, 1.54) is 0 Å². The van der Waals surface area contributed by atoms with Crippen LogP contribution in [0.5, 0.6) is 11.5 Å². The van der Waals surface area contributed by atoms with Crippen molar-refractivity contribution in [2.24, 2.45) is 0 Å². The molecule has 3 aromatic rings. The highest BCUT2D eigenvalue weighted by molar-refractivity contribution is 7.81. The van der Waals surface area contributed by atoms with Crippen LogP contribution in [0.1, 0.15) is 22.3 Å². The molecule has 0 aliphatic carbocycles. The normalized spacial score (nSPS) is 13.3. The standard InChI is InChI=1S/C25H24N2O4S/c1-16-5-7-20(17(2)12-16)26-25(32)23(27-9-3-4-18(14-27)15-28)24(29)19-6-8-21-22(13-19)31-11-10-30-21/h3-9,12-14,28H,10-11,15H2,1-2H3,(H-,26,29,32)/p+1. The number of aliphatic hydroxyl groups is 2. The molecule has 0 bridgehead atoms. The van der Waals surface area contributed by atoms with Gasteiger partial charge in [0.15, 0.2) is 34.6 Å². The van der Waals surface area contributed by atoms with Crippen molar-refractivity contribution in [1.29, 1.82) is 0 Å². The van der Waals surface area contributed by atoms with Gasteiger partial charge in [-0.05, 0) is 49.7 Å². The average molecular weight is 450 g/mol. The van der Waals surface area contributed by atoms with Crippen LogP contribution in [0.25, 0.3) is 11.5 Å². The molecule has 2 heterocycles. The highest BCUT2D eigenvalue weighted by Crippen LogP contribution is 2.33. The van der Waals surface area contributed by atoms with Gasteiger partial charge in [0, 0.05) is 22.9 Å². The lowest BCUT2D eigenvalue weighted by atomic mass is 10.1. The number of fused-ring (bicyclic) bond motifs is 1. The maximum Gasteiger partial charge on any atom is 0.288 e. The van der Waals surface area contributed by atoms with E-state index in [0.717, 1.165) is 16.8 Å². The van der Waals surface area contributed by atoms with Gasteiger partial charge in [0.2, 0.25) is 0 Å². The minimum absolute atomic E-state index is 0.0238. The molecule has 164 valence electrons. The fourth-order valence-electron chi connectivity index (χ4n) is 3.57. The second-order valence-corrected chi connectivity index (χ2v) is 8.01. The third-order valence-corrected chi connectivity index (χ3v) is 5.48. The second kappa shape index (κ2) is 9.38. The minimum Gasteiger partial charge on any atom is -0.502 e. The van der Waals surface area contributed by atoms with Gasteiger partial charge in [-0.3, -0.25) is 0 Å². The van der Waals surface area contributed by atoms with Crippen LogP contribution in [0, 0.1) is 13.8 Å². The molecular formula is C25H25N2O4S+. The second-order valence-electron chi connectivity index (χ2n) is 7.61. The van der Waals surface area contributed by atoms with Gasteiger partial charge in [0.25, 0.3) is 5.70 Å². The molecular weight excluding hydrogens is 424 g/mol. The summed E-state index contributed by atoms with van der Waals surface area (Å²) in [5.74, 6) is 1.19. The quantitative estimate of drug-likeness (QED) is 0.235. The lowest BCUT2D eigenvalue weighted by molar-refractivity contribution is -0.576. The van der Waals surface area contributed by atoms with E-state index in [-0.39, 0.29) is 12.4 Å². The zero-order valence-corrected chi connectivity index (χ0v) is 18.8. The summed E-state index contributed by atoms with van der Waals surface area (Å²) in [7, 11) is 0. The number of ether oxygens (including phenoxy) is 2. The molecule has 2 aromatic carbocycles. The van der Waals surface area contributed by atoms with Gasteiger partial charge in [-0.25, -0.2) is 0 Å². The Bertz CT molecular complexity index is 1210. The first-order chi connectivity index (χ1) is 15.5. The summed E-state index contributed by atoms with van der Waals surface area (Å²) in [6.07, 6.45) is 3.51. The molecule has 1 aliphatic rings. The molecule has 32 heavy (non-hydrogen) atoms. The smallest absolute Gasteiger partial charge is 0.288 e. The monoisotopic (exact) mass is 449 g/mol. The number of aryl methyl sites for hydroxylation is 2. The summed E-state index contributed by atoms with van der Waals surface area (Å²) in [5, 5.41) is 24.2. The minimum atomic E-state index is -0.129. The first-order valence-corrected chi connectivity index (χ1v) is 10.7. The largest absolute Gasteiger partial charge is 0.502 e. The Balaban J connectivity index is 1.80. The number of anilines is 1. The predicted molar refractivity (Wildman–Crippen MR) is 128 cm³/mol. The van der Waals surface area contributed by atoms with Crippen LogP contribution in [-0.2, 0) is 6.61 Å². The van der Waals surface area contributed by atoms with Gasteiger partial charge in [-0.2, -0.15) is 4.57 Å². The van der Waals surface area contributed by atoms with Crippen LogP contribution >= 0.6 is 12.2 Å². The van der Waals surface area contributed by atoms with Crippen molar-refractivity contribution in [3.8, 4) is 11.5 Å². The van der Waals surface area contributed by atoms with E-state index in [2.05, 4.69) is 11.4 Å². The molecule has 0 spiro atoms. The number of benzene rings is 2. The van der Waals surface area contributed by atoms with E-state index in [1.807, 2.05) is 26.0 Å². The third-order valence-electron chi connectivity index (χ3n) is 5.19. The summed E-state index contributed by atoms with van der Waals surface area (Å²) in [6.45, 7) is 4.85. The number of thiocarbonyl (C=S) groups is 1. The van der Waals surface area contributed by atoms with Crippen LogP contribution in [-0.4, -0.2) is 28.4 Å². The fraction of sp³-hybridized carbons (Fsp3) is 0.200. The molecule has 0 saturated heterocycles. The molecule has 0 saturated carbocycles. The SMILES string of the molecule is Cc1ccc(NC(=S)/C(=C(\O)c2ccc3c(c2)OCCO3)[n+]2cccc(CO)c2)c(C)c1. The molecule has 6 nitrogen and oxygen atoms in total. The average Bonchev–Trinajstić information content (AvgIpc) is 2.81. The molecule has 0 fully saturated rings. The molecule has 1 aromatic heterocycles. The number of aromatic nitrogens is 1. The number of pyridine rings is 1. The molecule has 0 amide bonds. The topological polar surface area (TPSA) is 74.8 Å². The van der Waals surface area contributed by atoms with Gasteiger partial charge >= 0.3 is 0 Å². The molecule has 0 unspecified atom stereocenters. The van der Waals surface area contributed by atoms with E-state index in [9.17, 15) is 10.2 Å². The van der Waals surface area contributed by atoms with Crippen LogP contribution in [0.15, 0.2) is 60.9 Å². The fourth-order valence-corrected chi connectivity index (χ4v) is 3.88. The lowest BCUT2D eigenvalue weighted by Crippen LogP contribution is -2.39. The molecule has 4 rings (SSSR count). The van der Waals surface area contributed by atoms with Crippen molar-refractivity contribution in [3.05, 3.63) is 83.2 Å². The Morgan fingerprint density at radius 2 is 1.84 bits per heavy atom. The van der Waals surface area contributed by atoms with Crippen molar-refractivity contribution in [3.63, 3.8) is 0 Å². The van der Waals surface area contributed by atoms with E-state index >= 15 is 0 Å². The maximum atomic E-state index is 11.3. The number of hydrogen-bond acceptors (Lipinski definition) is 5. The highest BCUT2D eigenvalue weighted by Gasteiger charge is 2.26. The van der Waals surface area contributed by atoms with E-state index in [0.29, 0.717) is 46.5 Å². The molecule has 3 N–H and O–H groups in total. The van der Waals surface area contributed by atoms with E-state index in [4.69, 9.17) is 21.7 Å². The van der Waals surface area contributed by atoms with Crippen LogP contribution in [0.3, 0.4) is 0 Å². The lowest BCUT2D eigenvalue weighted by Gasteiger charge is -2.19. The van der Waals surface area contributed by atoms with Gasteiger partial charge in [-0.15, -0.1) is 0 Å². The van der Waals surface area contributed by atoms with Gasteiger partial charge in [0.05, 0.1) is 6.61 Å². The van der Waals surface area contributed by atoms with E-state index in [1.54, 1.807) is 47.3 Å². The van der Waals surface area contributed by atoms with Crippen molar-refractivity contribution in [1.82, 2.24) is 0 Å². The Hall–Kier alpha value is -3.42. The van der Waals surface area contributed by atoms with Crippen LogP contribution in [0.4, 0.5) is 5.69 Å². The Labute approximate surface area is 192 Å². The molecule has 7 heteroatoms. The van der Waals surface area contributed by atoms with Crippen molar-refractivity contribution in [2.45, 2.75) is 20.5 Å². The number of aliphatic hydroxyl groups excluding tert-OH is 2. The summed E-state index contributed by atoms with van der Waals surface area (Å²) >= 11 is 5.74. The molecule has 0 atom stereocenters. The molecule has 1 aliphatic heterocycles. The number of nitrogens with zero attached hydrogens (tertiary/aromatic N) is 1.